The largest absolute Gasteiger partial charge is 0.503 e. The molecule has 168 valence electrons. The van der Waals surface area contributed by atoms with Gasteiger partial charge in [0.2, 0.25) is 0 Å². The van der Waals surface area contributed by atoms with E-state index in [1.54, 1.807) is 0 Å². The summed E-state index contributed by atoms with van der Waals surface area (Å²) in [6.45, 7) is 1.89. The number of aryl methyl sites for hydroxylation is 1. The molecule has 0 spiro atoms. The summed E-state index contributed by atoms with van der Waals surface area (Å²) in [7, 11) is 0. The summed E-state index contributed by atoms with van der Waals surface area (Å²) in [4.78, 5) is 26.4. The van der Waals surface area contributed by atoms with E-state index in [-0.39, 0.29) is 18.7 Å². The van der Waals surface area contributed by atoms with Gasteiger partial charge in [-0.2, -0.15) is 13.2 Å². The average Bonchev–Trinajstić information content (AvgIpc) is 3.39. The number of aromatic nitrogens is 1. The number of hydrogen-bond donors (Lipinski definition) is 3. The maximum Gasteiger partial charge on any atom is 0.503 e. The quantitative estimate of drug-likeness (QED) is 0.498. The van der Waals surface area contributed by atoms with Crippen LogP contribution in [0.1, 0.15) is 41.8 Å². The summed E-state index contributed by atoms with van der Waals surface area (Å²) in [5, 5.41) is 20.2. The number of thiazole rings is 1. The number of amides is 1. The van der Waals surface area contributed by atoms with Gasteiger partial charge in [0.1, 0.15) is 10.0 Å². The van der Waals surface area contributed by atoms with Crippen molar-refractivity contribution in [3.8, 4) is 10.6 Å². The number of fused-ring (bicyclic) bond motifs is 1. The second kappa shape index (κ2) is 9.39. The second-order valence-corrected chi connectivity index (χ2v) is 9.30. The Balaban J connectivity index is 0.000000628. The van der Waals surface area contributed by atoms with E-state index in [2.05, 4.69) is 10.3 Å². The first kappa shape index (κ1) is 23.3. The van der Waals surface area contributed by atoms with Crippen LogP contribution in [0.5, 0.6) is 0 Å². The van der Waals surface area contributed by atoms with E-state index in [0.29, 0.717) is 11.4 Å². The van der Waals surface area contributed by atoms with Crippen LogP contribution in [0, 0.1) is 12.8 Å². The molecule has 0 fully saturated rings. The van der Waals surface area contributed by atoms with Gasteiger partial charge < -0.3 is 15.5 Å². The zero-order chi connectivity index (χ0) is 22.8. The van der Waals surface area contributed by atoms with E-state index in [9.17, 15) is 18.0 Å². The molecule has 0 saturated carbocycles. The van der Waals surface area contributed by atoms with Gasteiger partial charge in [0.05, 0.1) is 5.92 Å². The molecule has 2 aromatic heterocycles. The fourth-order valence-electron chi connectivity index (χ4n) is 3.71. The van der Waals surface area contributed by atoms with Crippen LogP contribution in [-0.4, -0.2) is 33.4 Å². The number of alkyl halides is 3. The molecule has 1 amide bonds. The van der Waals surface area contributed by atoms with Gasteiger partial charge in [0.15, 0.2) is 0 Å². The average molecular weight is 475 g/mol. The highest BCUT2D eigenvalue weighted by molar-refractivity contribution is 7.18. The number of carbonyl (C=O) groups excluding carboxylic acids is 1. The first-order valence-corrected chi connectivity index (χ1v) is 11.3. The third-order valence-corrected chi connectivity index (χ3v) is 7.27. The fraction of sp³-hybridized carbons (Fsp3) is 0.450. The molecular weight excluding hydrogens is 453 g/mol. The highest BCUT2D eigenvalue weighted by atomic mass is 32.1. The Morgan fingerprint density at radius 1 is 1.26 bits per heavy atom. The van der Waals surface area contributed by atoms with Gasteiger partial charge in [-0.25, -0.2) is 9.78 Å². The zero-order valence-electron chi connectivity index (χ0n) is 16.6. The zero-order valence-corrected chi connectivity index (χ0v) is 18.2. The lowest BCUT2D eigenvalue weighted by Gasteiger charge is -2.24. The Morgan fingerprint density at radius 3 is 2.52 bits per heavy atom. The van der Waals surface area contributed by atoms with Crippen molar-refractivity contribution in [2.24, 2.45) is 5.92 Å². The molecular formula is C20H21F3N2O4S2. The molecule has 1 atom stereocenters. The lowest BCUT2D eigenvalue weighted by molar-refractivity contribution is -0.176. The summed E-state index contributed by atoms with van der Waals surface area (Å²) in [5.74, 6) is -1.45. The molecule has 4 rings (SSSR count). The third kappa shape index (κ3) is 5.65. The van der Waals surface area contributed by atoms with Crippen LogP contribution in [-0.2, 0) is 17.6 Å². The van der Waals surface area contributed by atoms with Crippen molar-refractivity contribution in [3.05, 3.63) is 33.2 Å². The van der Waals surface area contributed by atoms with Crippen LogP contribution in [0.2, 0.25) is 0 Å². The maximum absolute atomic E-state index is 13.2. The molecule has 0 aliphatic heterocycles. The number of anilines is 1. The molecule has 6 nitrogen and oxygen atoms in total. The SMILES string of the molecule is Cc1csc(-c2c(NC(=O)C3=CCCC3)sc3c2CC[C@@H](C(F)(F)F)C3)n1.O=C(O)O. The molecule has 0 unspecified atom stereocenters. The topological polar surface area (TPSA) is 99.5 Å². The fourth-order valence-corrected chi connectivity index (χ4v) is 5.97. The summed E-state index contributed by atoms with van der Waals surface area (Å²) in [6.07, 6.45) is -1.03. The van der Waals surface area contributed by atoms with E-state index in [4.69, 9.17) is 15.0 Å². The Morgan fingerprint density at radius 2 is 1.97 bits per heavy atom. The number of thiophene rings is 1. The highest BCUT2D eigenvalue weighted by Crippen LogP contribution is 2.48. The first-order valence-electron chi connectivity index (χ1n) is 9.62. The minimum absolute atomic E-state index is 0.0145. The van der Waals surface area contributed by atoms with Crippen molar-refractivity contribution >= 4 is 39.7 Å². The van der Waals surface area contributed by atoms with Crippen LogP contribution in [0.4, 0.5) is 23.0 Å². The van der Waals surface area contributed by atoms with E-state index in [1.807, 2.05) is 18.4 Å². The van der Waals surface area contributed by atoms with Crippen LogP contribution in [0.15, 0.2) is 17.0 Å². The first-order chi connectivity index (χ1) is 14.6. The van der Waals surface area contributed by atoms with Crippen LogP contribution >= 0.6 is 22.7 Å². The number of carboxylic acid groups (broad SMARTS) is 2. The van der Waals surface area contributed by atoms with Crippen molar-refractivity contribution in [2.75, 3.05) is 5.32 Å². The van der Waals surface area contributed by atoms with Gasteiger partial charge in [-0.3, -0.25) is 4.79 Å². The third-order valence-electron chi connectivity index (χ3n) is 5.12. The van der Waals surface area contributed by atoms with Crippen LogP contribution in [0.3, 0.4) is 0 Å². The summed E-state index contributed by atoms with van der Waals surface area (Å²) in [6, 6.07) is 0. The van der Waals surface area contributed by atoms with E-state index in [1.165, 1.54) is 22.7 Å². The molecule has 2 aliphatic carbocycles. The summed E-state index contributed by atoms with van der Waals surface area (Å²) in [5.41, 5.74) is 3.37. The van der Waals surface area contributed by atoms with Gasteiger partial charge >= 0.3 is 12.3 Å². The lowest BCUT2D eigenvalue weighted by Crippen LogP contribution is -2.28. The molecule has 31 heavy (non-hydrogen) atoms. The van der Waals surface area contributed by atoms with Gasteiger partial charge in [0, 0.05) is 27.1 Å². The Labute approximate surface area is 184 Å². The number of rotatable bonds is 3. The molecule has 0 bridgehead atoms. The molecule has 3 N–H and O–H groups in total. The Bertz CT molecular complexity index is 1010. The van der Waals surface area contributed by atoms with Crippen LogP contribution in [0.25, 0.3) is 10.6 Å². The summed E-state index contributed by atoms with van der Waals surface area (Å²) < 4.78 is 39.6. The van der Waals surface area contributed by atoms with E-state index < -0.39 is 18.2 Å². The highest BCUT2D eigenvalue weighted by Gasteiger charge is 2.42. The molecule has 0 radical (unpaired) electrons. The lowest BCUT2D eigenvalue weighted by atomic mass is 9.87. The van der Waals surface area contributed by atoms with Crippen molar-refractivity contribution in [1.29, 1.82) is 0 Å². The van der Waals surface area contributed by atoms with Gasteiger partial charge in [0.25, 0.3) is 5.91 Å². The molecule has 11 heteroatoms. The Kier molecular flexibility index (Phi) is 7.05. The van der Waals surface area contributed by atoms with Crippen molar-refractivity contribution in [1.82, 2.24) is 4.98 Å². The van der Waals surface area contributed by atoms with Gasteiger partial charge in [-0.1, -0.05) is 6.08 Å². The Hall–Kier alpha value is -2.40. The second-order valence-electron chi connectivity index (χ2n) is 7.34. The number of carbonyl (C=O) groups is 2. The minimum Gasteiger partial charge on any atom is -0.450 e. The number of halogens is 3. The molecule has 0 aromatic carbocycles. The van der Waals surface area contributed by atoms with Crippen LogP contribution < -0.4 is 5.32 Å². The standard InChI is InChI=1S/C19H19F3N2OS2.CH2O3/c1-10-9-26-17(23-10)15-13-7-6-12(19(20,21)22)8-14(13)27-18(15)24-16(25)11-4-2-3-5-11;2-1(3)4/h4,9,12H,2-3,5-8H2,1H3,(H,24,25);(H2,2,3,4)/t12-;/m1./s1. The maximum atomic E-state index is 13.2. The summed E-state index contributed by atoms with van der Waals surface area (Å²) >= 11 is 2.75. The molecule has 2 aliphatic rings. The smallest absolute Gasteiger partial charge is 0.450 e. The van der Waals surface area contributed by atoms with Gasteiger partial charge in [-0.05, 0) is 51.0 Å². The predicted octanol–water partition coefficient (Wildman–Crippen LogP) is 6.12. The van der Waals surface area contributed by atoms with Crippen molar-refractivity contribution in [3.63, 3.8) is 0 Å². The molecule has 0 saturated heterocycles. The molecule has 2 heterocycles. The number of allylic oxidation sites excluding steroid dienone is 1. The van der Waals surface area contributed by atoms with Gasteiger partial charge in [-0.15, -0.1) is 22.7 Å². The number of hydrogen-bond acceptors (Lipinski definition) is 5. The molecule has 2 aromatic rings. The normalized spacial score (nSPS) is 17.9. The predicted molar refractivity (Wildman–Crippen MR) is 113 cm³/mol. The van der Waals surface area contributed by atoms with E-state index in [0.717, 1.165) is 51.5 Å². The number of nitrogens with zero attached hydrogens (tertiary/aromatic N) is 1. The minimum atomic E-state index is -4.18. The monoisotopic (exact) mass is 474 g/mol. The van der Waals surface area contributed by atoms with E-state index >= 15 is 0 Å². The number of nitrogens with one attached hydrogen (secondary N) is 1. The van der Waals surface area contributed by atoms with Crippen molar-refractivity contribution in [2.45, 2.75) is 51.6 Å². The van der Waals surface area contributed by atoms with Crippen molar-refractivity contribution < 1.29 is 33.0 Å².